The van der Waals surface area contributed by atoms with E-state index in [9.17, 15) is 4.79 Å². The van der Waals surface area contributed by atoms with Crippen LogP contribution in [0.4, 0.5) is 0 Å². The monoisotopic (exact) mass is 294 g/mol. The molecule has 1 aromatic carbocycles. The molecule has 0 atom stereocenters. The summed E-state index contributed by atoms with van der Waals surface area (Å²) in [5.74, 6) is 2.45. The number of methoxy groups -OCH3 is 2. The summed E-state index contributed by atoms with van der Waals surface area (Å²) in [6.07, 6.45) is 0.993. The number of carbonyl (C=O) groups excluding carboxylic acids is 1. The molecule has 108 valence electrons. The van der Waals surface area contributed by atoms with Gasteiger partial charge >= 0.3 is 0 Å². The second-order valence-corrected chi connectivity index (χ2v) is 5.34. The second kappa shape index (κ2) is 7.19. The molecule has 2 rings (SSSR count). The van der Waals surface area contributed by atoms with Crippen LogP contribution in [0.5, 0.6) is 11.5 Å². The summed E-state index contributed by atoms with van der Waals surface area (Å²) in [6, 6.07) is 5.59. The van der Waals surface area contributed by atoms with Gasteiger partial charge < -0.3 is 14.8 Å². The first-order chi connectivity index (χ1) is 9.72. The van der Waals surface area contributed by atoms with Crippen LogP contribution in [0, 0.1) is 0 Å². The Morgan fingerprint density at radius 1 is 1.40 bits per heavy atom. The first-order valence-electron chi connectivity index (χ1n) is 6.41. The third-order valence-corrected chi connectivity index (χ3v) is 3.83. The van der Waals surface area contributed by atoms with Crippen LogP contribution < -0.4 is 14.8 Å². The molecule has 0 unspecified atom stereocenters. The number of aryl methyl sites for hydroxylation is 1. The predicted octanol–water partition coefficient (Wildman–Crippen LogP) is 1.86. The normalized spacial score (nSPS) is 13.8. The standard InChI is InChI=1S/C14H18N2O3S/c1-18-11-4-5-12(19-2)10(9-11)3-6-13(17)16-14-15-7-8-20-14/h4-5,9H,3,6-8H2,1-2H3,(H,15,16,17). The smallest absolute Gasteiger partial charge is 0.226 e. The lowest BCUT2D eigenvalue weighted by Crippen LogP contribution is -2.27. The van der Waals surface area contributed by atoms with E-state index in [1.165, 1.54) is 0 Å². The first kappa shape index (κ1) is 14.7. The number of amidine groups is 1. The minimum Gasteiger partial charge on any atom is -0.497 e. The predicted molar refractivity (Wildman–Crippen MR) is 80.8 cm³/mol. The van der Waals surface area contributed by atoms with Crippen LogP contribution in [0.25, 0.3) is 0 Å². The molecule has 20 heavy (non-hydrogen) atoms. The quantitative estimate of drug-likeness (QED) is 0.900. The molecule has 0 fully saturated rings. The van der Waals surface area contributed by atoms with Crippen molar-refractivity contribution in [3.05, 3.63) is 23.8 Å². The summed E-state index contributed by atoms with van der Waals surface area (Å²) in [4.78, 5) is 16.0. The number of hydrogen-bond acceptors (Lipinski definition) is 5. The van der Waals surface area contributed by atoms with Crippen LogP contribution in [0.15, 0.2) is 23.2 Å². The third kappa shape index (κ3) is 3.90. The number of aliphatic imine (C=N–C) groups is 1. The zero-order chi connectivity index (χ0) is 14.4. The third-order valence-electron chi connectivity index (χ3n) is 2.94. The van der Waals surface area contributed by atoms with Crippen molar-refractivity contribution in [3.8, 4) is 11.5 Å². The largest absolute Gasteiger partial charge is 0.497 e. The molecule has 1 N–H and O–H groups in total. The molecule has 0 bridgehead atoms. The van der Waals surface area contributed by atoms with Crippen LogP contribution in [0.2, 0.25) is 0 Å². The highest BCUT2D eigenvalue weighted by atomic mass is 32.2. The van der Waals surface area contributed by atoms with Gasteiger partial charge in [-0.05, 0) is 30.2 Å². The van der Waals surface area contributed by atoms with E-state index in [1.807, 2.05) is 18.2 Å². The summed E-state index contributed by atoms with van der Waals surface area (Å²) in [5, 5.41) is 3.55. The summed E-state index contributed by atoms with van der Waals surface area (Å²) in [7, 11) is 3.24. The maximum Gasteiger partial charge on any atom is 0.226 e. The fraction of sp³-hybridized carbons (Fsp3) is 0.429. The molecule has 1 amide bonds. The highest BCUT2D eigenvalue weighted by molar-refractivity contribution is 8.14. The second-order valence-electron chi connectivity index (χ2n) is 4.26. The number of thioether (sulfide) groups is 1. The molecule has 0 aliphatic carbocycles. The zero-order valence-electron chi connectivity index (χ0n) is 11.6. The Balaban J connectivity index is 1.93. The number of benzene rings is 1. The Morgan fingerprint density at radius 2 is 2.25 bits per heavy atom. The fourth-order valence-corrected chi connectivity index (χ4v) is 2.66. The summed E-state index contributed by atoms with van der Waals surface area (Å²) >= 11 is 1.58. The molecule has 0 spiro atoms. The molecule has 0 radical (unpaired) electrons. The highest BCUT2D eigenvalue weighted by Gasteiger charge is 2.12. The number of carbonyl (C=O) groups is 1. The first-order valence-corrected chi connectivity index (χ1v) is 7.39. The van der Waals surface area contributed by atoms with E-state index in [4.69, 9.17) is 9.47 Å². The number of amides is 1. The van der Waals surface area contributed by atoms with Crippen molar-refractivity contribution in [1.29, 1.82) is 0 Å². The van der Waals surface area contributed by atoms with Crippen molar-refractivity contribution in [1.82, 2.24) is 5.32 Å². The molecule has 1 aliphatic heterocycles. The number of nitrogens with one attached hydrogen (secondary N) is 1. The van der Waals surface area contributed by atoms with Gasteiger partial charge in [0.1, 0.15) is 11.5 Å². The van der Waals surface area contributed by atoms with Gasteiger partial charge in [0.05, 0.1) is 20.8 Å². The van der Waals surface area contributed by atoms with Gasteiger partial charge in [-0.3, -0.25) is 9.79 Å². The van der Waals surface area contributed by atoms with Gasteiger partial charge in [-0.1, -0.05) is 11.8 Å². The molecule has 6 heteroatoms. The lowest BCUT2D eigenvalue weighted by atomic mass is 10.1. The lowest BCUT2D eigenvalue weighted by molar-refractivity contribution is -0.119. The van der Waals surface area contributed by atoms with Gasteiger partial charge in [0.15, 0.2) is 5.17 Å². The maximum absolute atomic E-state index is 11.8. The average molecular weight is 294 g/mol. The lowest BCUT2D eigenvalue weighted by Gasteiger charge is -2.10. The molecule has 0 aromatic heterocycles. The van der Waals surface area contributed by atoms with E-state index in [1.54, 1.807) is 26.0 Å². The molecule has 0 saturated carbocycles. The Bertz CT molecular complexity index is 517. The number of hydrogen-bond donors (Lipinski definition) is 1. The maximum atomic E-state index is 11.8. The fourth-order valence-electron chi connectivity index (χ4n) is 1.92. The van der Waals surface area contributed by atoms with Gasteiger partial charge in [0.2, 0.25) is 5.91 Å². The van der Waals surface area contributed by atoms with Crippen molar-refractivity contribution in [3.63, 3.8) is 0 Å². The van der Waals surface area contributed by atoms with Crippen LogP contribution in [-0.2, 0) is 11.2 Å². The zero-order valence-corrected chi connectivity index (χ0v) is 12.5. The molecule has 0 saturated heterocycles. The van der Waals surface area contributed by atoms with E-state index in [0.717, 1.165) is 34.5 Å². The molecule has 1 aliphatic rings. The Morgan fingerprint density at radius 3 is 2.90 bits per heavy atom. The van der Waals surface area contributed by atoms with Crippen molar-refractivity contribution in [2.45, 2.75) is 12.8 Å². The summed E-state index contributed by atoms with van der Waals surface area (Å²) < 4.78 is 10.5. The average Bonchev–Trinajstić information content (AvgIpc) is 2.97. The molecule has 1 aromatic rings. The number of nitrogens with zero attached hydrogens (tertiary/aromatic N) is 1. The highest BCUT2D eigenvalue weighted by Crippen LogP contribution is 2.25. The molecular weight excluding hydrogens is 276 g/mol. The van der Waals surface area contributed by atoms with Crippen LogP contribution in [0.3, 0.4) is 0 Å². The molecular formula is C14H18N2O3S. The Kier molecular flexibility index (Phi) is 5.29. The van der Waals surface area contributed by atoms with Crippen LogP contribution in [-0.4, -0.2) is 37.6 Å². The van der Waals surface area contributed by atoms with Gasteiger partial charge in [-0.25, -0.2) is 0 Å². The Hall–Kier alpha value is -1.69. The van der Waals surface area contributed by atoms with Gasteiger partial charge in [0.25, 0.3) is 0 Å². The van der Waals surface area contributed by atoms with E-state index in [2.05, 4.69) is 10.3 Å². The van der Waals surface area contributed by atoms with E-state index < -0.39 is 0 Å². The van der Waals surface area contributed by atoms with Gasteiger partial charge in [0, 0.05) is 12.2 Å². The van der Waals surface area contributed by atoms with E-state index >= 15 is 0 Å². The number of rotatable bonds is 5. The van der Waals surface area contributed by atoms with E-state index in [-0.39, 0.29) is 5.91 Å². The minimum absolute atomic E-state index is 0.0250. The van der Waals surface area contributed by atoms with Crippen molar-refractivity contribution < 1.29 is 14.3 Å². The molecule has 1 heterocycles. The van der Waals surface area contributed by atoms with Crippen LogP contribution in [0.1, 0.15) is 12.0 Å². The van der Waals surface area contributed by atoms with Gasteiger partial charge in [-0.2, -0.15) is 0 Å². The topological polar surface area (TPSA) is 59.9 Å². The van der Waals surface area contributed by atoms with Gasteiger partial charge in [-0.15, -0.1) is 0 Å². The van der Waals surface area contributed by atoms with Crippen molar-refractivity contribution >= 4 is 22.8 Å². The summed E-state index contributed by atoms with van der Waals surface area (Å²) in [6.45, 7) is 0.782. The van der Waals surface area contributed by atoms with Crippen molar-refractivity contribution in [2.75, 3.05) is 26.5 Å². The Labute approximate surface area is 122 Å². The summed E-state index contributed by atoms with van der Waals surface area (Å²) in [5.41, 5.74) is 0.961. The number of ether oxygens (including phenoxy) is 2. The van der Waals surface area contributed by atoms with Crippen LogP contribution >= 0.6 is 11.8 Å². The SMILES string of the molecule is COc1ccc(OC)c(CCC(=O)NC2=NCCS2)c1. The molecule has 5 nitrogen and oxygen atoms in total. The van der Waals surface area contributed by atoms with E-state index in [0.29, 0.717) is 12.8 Å². The van der Waals surface area contributed by atoms with Crippen molar-refractivity contribution in [2.24, 2.45) is 4.99 Å². The minimum atomic E-state index is -0.0250.